The normalized spacial score (nSPS) is 17.1. The number of sulfonamides is 1. The number of nitrogens with zero attached hydrogens (tertiary/aromatic N) is 3. The Hall–Kier alpha value is -2.54. The molecule has 1 amide bonds. The van der Waals surface area contributed by atoms with Crippen LogP contribution in [0.25, 0.3) is 10.2 Å². The predicted molar refractivity (Wildman–Crippen MR) is 139 cm³/mol. The summed E-state index contributed by atoms with van der Waals surface area (Å²) in [6, 6.07) is 10.2. The van der Waals surface area contributed by atoms with Crippen LogP contribution in [0.1, 0.15) is 12.8 Å². The minimum atomic E-state index is -3.63. The van der Waals surface area contributed by atoms with Crippen LogP contribution in [0.4, 0.5) is 0 Å². The van der Waals surface area contributed by atoms with Crippen molar-refractivity contribution >= 4 is 49.2 Å². The van der Waals surface area contributed by atoms with Crippen LogP contribution >= 0.6 is 23.1 Å². The van der Waals surface area contributed by atoms with Crippen molar-refractivity contribution in [1.82, 2.24) is 8.87 Å². The summed E-state index contributed by atoms with van der Waals surface area (Å²) in [6.07, 6.45) is 2.91. The number of methoxy groups -OCH3 is 1. The van der Waals surface area contributed by atoms with Gasteiger partial charge in [-0.15, -0.1) is 0 Å². The molecule has 1 fully saturated rings. The third-order valence-corrected chi connectivity index (χ3v) is 9.95. The van der Waals surface area contributed by atoms with E-state index in [2.05, 4.69) is 9.56 Å². The zero-order valence-corrected chi connectivity index (χ0v) is 22.5. The van der Waals surface area contributed by atoms with Gasteiger partial charge in [0.05, 0.1) is 22.2 Å². The maximum Gasteiger partial charge on any atom is 0.251 e. The van der Waals surface area contributed by atoms with E-state index in [1.165, 1.54) is 22.8 Å². The van der Waals surface area contributed by atoms with E-state index >= 15 is 0 Å². The second-order valence-electron chi connectivity index (χ2n) is 8.51. The minimum absolute atomic E-state index is 0.207. The Bertz CT molecular complexity index is 1440. The lowest BCUT2D eigenvalue weighted by Gasteiger charge is -2.29. The van der Waals surface area contributed by atoms with Gasteiger partial charge in [0.25, 0.3) is 5.91 Å². The number of carbonyl (C=O) groups excluding carboxylic acids is 1. The fourth-order valence-corrected chi connectivity index (χ4v) is 7.28. The molecule has 1 saturated heterocycles. The Kier molecular flexibility index (Phi) is 7.29. The molecule has 0 N–H and O–H groups in total. The molecule has 0 bridgehead atoms. The lowest BCUT2D eigenvalue weighted by atomic mass is 9.98. The monoisotopic (exact) mass is 549 g/mol. The fourth-order valence-electron chi connectivity index (χ4n) is 4.37. The zero-order chi connectivity index (χ0) is 25.3. The number of aryl methyl sites for hydroxylation is 1. The summed E-state index contributed by atoms with van der Waals surface area (Å²) in [7, 11) is -2.09. The second-order valence-corrected chi connectivity index (χ2v) is 12.4. The van der Waals surface area contributed by atoms with E-state index in [4.69, 9.17) is 14.2 Å². The predicted octanol–water partition coefficient (Wildman–Crippen LogP) is 3.33. The summed E-state index contributed by atoms with van der Waals surface area (Å²) in [5.74, 6) is 2.35. The largest absolute Gasteiger partial charge is 0.497 e. The summed E-state index contributed by atoms with van der Waals surface area (Å²) in [6.45, 7) is 1.48. The van der Waals surface area contributed by atoms with Crippen LogP contribution in [-0.4, -0.2) is 62.2 Å². The smallest absolute Gasteiger partial charge is 0.251 e. The number of amides is 1. The molecule has 2 aliphatic heterocycles. The first-order chi connectivity index (χ1) is 17.4. The number of thioether (sulfide) groups is 1. The molecule has 0 saturated carbocycles. The average molecular weight is 550 g/mol. The average Bonchev–Trinajstić information content (AvgIpc) is 3.49. The zero-order valence-electron chi connectivity index (χ0n) is 20.0. The Labute approximate surface area is 217 Å². The quantitative estimate of drug-likeness (QED) is 0.446. The number of hydrogen-bond donors (Lipinski definition) is 0. The summed E-state index contributed by atoms with van der Waals surface area (Å²) in [5.41, 5.74) is 0.963. The highest BCUT2D eigenvalue weighted by atomic mass is 32.2. The Morgan fingerprint density at radius 1 is 1.17 bits per heavy atom. The summed E-state index contributed by atoms with van der Waals surface area (Å²) in [5, 5.41) is 0. The summed E-state index contributed by atoms with van der Waals surface area (Å²) in [4.78, 5) is 18.5. The number of rotatable bonds is 7. The molecule has 12 heteroatoms. The first kappa shape index (κ1) is 25.1. The van der Waals surface area contributed by atoms with Crippen LogP contribution in [0, 0.1) is 5.92 Å². The molecule has 0 aliphatic carbocycles. The van der Waals surface area contributed by atoms with Crippen LogP contribution in [0.3, 0.4) is 0 Å². The van der Waals surface area contributed by atoms with E-state index in [9.17, 15) is 13.2 Å². The van der Waals surface area contributed by atoms with Gasteiger partial charge in [-0.05, 0) is 43.4 Å². The van der Waals surface area contributed by atoms with Crippen LogP contribution in [0.2, 0.25) is 0 Å². The molecule has 0 atom stereocenters. The standard InChI is InChI=1S/C24H27N3O6S3/c1-31-17-3-5-18(6-4-17)36(29,30)26-9-7-16(8-10-26)23(28)25-24-27(11-12-34-2)19-13-20-21(33-15-32-20)14-22(19)35-24/h3-6,13-14,16H,7-12,15H2,1-2H3. The molecule has 0 unspecified atom stereocenters. The van der Waals surface area contributed by atoms with E-state index in [0.717, 1.165) is 16.0 Å². The molecule has 0 spiro atoms. The van der Waals surface area contributed by atoms with Crippen molar-refractivity contribution in [1.29, 1.82) is 0 Å². The van der Waals surface area contributed by atoms with Crippen LogP contribution in [0.5, 0.6) is 17.2 Å². The highest BCUT2D eigenvalue weighted by Crippen LogP contribution is 2.37. The van der Waals surface area contributed by atoms with Crippen LogP contribution in [0.15, 0.2) is 46.3 Å². The minimum Gasteiger partial charge on any atom is -0.497 e. The van der Waals surface area contributed by atoms with Gasteiger partial charge >= 0.3 is 0 Å². The number of ether oxygens (including phenoxy) is 3. The van der Waals surface area contributed by atoms with E-state index in [1.807, 2.05) is 18.4 Å². The molecule has 1 aromatic heterocycles. The van der Waals surface area contributed by atoms with Gasteiger partial charge in [-0.1, -0.05) is 11.3 Å². The molecule has 2 aromatic carbocycles. The number of fused-ring (bicyclic) bond motifs is 2. The summed E-state index contributed by atoms with van der Waals surface area (Å²) >= 11 is 3.18. The van der Waals surface area contributed by atoms with Crippen molar-refractivity contribution in [3.63, 3.8) is 0 Å². The molecular weight excluding hydrogens is 522 g/mol. The van der Waals surface area contributed by atoms with Crippen molar-refractivity contribution in [2.75, 3.05) is 39.0 Å². The topological polar surface area (TPSA) is 99.4 Å². The Morgan fingerprint density at radius 3 is 2.53 bits per heavy atom. The van der Waals surface area contributed by atoms with Crippen LogP contribution < -0.4 is 19.0 Å². The first-order valence-corrected chi connectivity index (χ1v) is 15.2. The van der Waals surface area contributed by atoms with E-state index in [0.29, 0.717) is 41.4 Å². The number of thiazole rings is 1. The highest BCUT2D eigenvalue weighted by Gasteiger charge is 2.32. The van der Waals surface area contributed by atoms with Gasteiger partial charge in [-0.3, -0.25) is 4.79 Å². The van der Waals surface area contributed by atoms with Crippen molar-refractivity contribution in [2.45, 2.75) is 24.3 Å². The second kappa shape index (κ2) is 10.4. The molecule has 3 heterocycles. The lowest BCUT2D eigenvalue weighted by Crippen LogP contribution is -2.40. The molecule has 2 aliphatic rings. The number of piperidine rings is 1. The van der Waals surface area contributed by atoms with Crippen molar-refractivity contribution < 1.29 is 27.4 Å². The molecule has 5 rings (SSSR count). The van der Waals surface area contributed by atoms with E-state index in [1.54, 1.807) is 36.0 Å². The molecule has 9 nitrogen and oxygen atoms in total. The van der Waals surface area contributed by atoms with Crippen LogP contribution in [-0.2, 0) is 21.4 Å². The maximum absolute atomic E-state index is 13.2. The van der Waals surface area contributed by atoms with Gasteiger partial charge in [0.1, 0.15) is 5.75 Å². The number of hydrogen-bond acceptors (Lipinski definition) is 8. The third-order valence-electron chi connectivity index (χ3n) is 6.40. The number of aromatic nitrogens is 1. The molecule has 0 radical (unpaired) electrons. The van der Waals surface area contributed by atoms with Gasteiger partial charge in [-0.25, -0.2) is 8.42 Å². The lowest BCUT2D eigenvalue weighted by molar-refractivity contribution is -0.122. The SMILES string of the molecule is COc1ccc(S(=O)(=O)N2CCC(C(=O)N=c3sc4cc5c(cc4n3CCSC)OCO5)CC2)cc1. The van der Waals surface area contributed by atoms with E-state index in [-0.39, 0.29) is 36.6 Å². The summed E-state index contributed by atoms with van der Waals surface area (Å²) < 4.78 is 46.7. The number of benzene rings is 2. The van der Waals surface area contributed by atoms with E-state index < -0.39 is 10.0 Å². The Morgan fingerprint density at radius 2 is 1.86 bits per heavy atom. The Balaban J connectivity index is 1.34. The molecule has 36 heavy (non-hydrogen) atoms. The van der Waals surface area contributed by atoms with Gasteiger partial charge in [-0.2, -0.15) is 21.1 Å². The molecular formula is C24H27N3O6S3. The van der Waals surface area contributed by atoms with Crippen molar-refractivity contribution in [2.24, 2.45) is 10.9 Å². The maximum atomic E-state index is 13.2. The fraction of sp³-hybridized carbons (Fsp3) is 0.417. The first-order valence-electron chi connectivity index (χ1n) is 11.6. The molecule has 192 valence electrons. The van der Waals surface area contributed by atoms with Crippen molar-refractivity contribution in [3.05, 3.63) is 41.2 Å². The van der Waals surface area contributed by atoms with Gasteiger partial charge < -0.3 is 18.8 Å². The van der Waals surface area contributed by atoms with Crippen molar-refractivity contribution in [3.8, 4) is 17.2 Å². The highest BCUT2D eigenvalue weighted by molar-refractivity contribution is 7.98. The van der Waals surface area contributed by atoms with Gasteiger partial charge in [0, 0.05) is 43.4 Å². The molecule has 3 aromatic rings. The number of carbonyl (C=O) groups is 1. The third kappa shape index (κ3) is 4.86. The van der Waals surface area contributed by atoms with Gasteiger partial charge in [0.2, 0.25) is 16.8 Å². The van der Waals surface area contributed by atoms with Gasteiger partial charge in [0.15, 0.2) is 16.3 Å².